The minimum absolute atomic E-state index is 0.218. The first-order valence-corrected chi connectivity index (χ1v) is 5.77. The third kappa shape index (κ3) is 2.50. The van der Waals surface area contributed by atoms with Crippen LogP contribution < -0.4 is 5.32 Å². The smallest absolute Gasteiger partial charge is 0.261 e. The Balaban J connectivity index is 2.17. The summed E-state index contributed by atoms with van der Waals surface area (Å²) in [6.45, 7) is 3.99. The topological polar surface area (TPSA) is 96.5 Å². The molecule has 0 unspecified atom stereocenters. The predicted molar refractivity (Wildman–Crippen MR) is 65.1 cm³/mol. The number of aryl methyl sites for hydroxylation is 2. The van der Waals surface area contributed by atoms with Gasteiger partial charge in [0, 0.05) is 6.20 Å². The fraction of sp³-hybridized carbons (Fsp3) is 0.364. The summed E-state index contributed by atoms with van der Waals surface area (Å²) in [7, 11) is 0. The fourth-order valence-electron chi connectivity index (χ4n) is 1.54. The molecule has 7 heteroatoms. The van der Waals surface area contributed by atoms with E-state index in [0.29, 0.717) is 5.56 Å². The van der Waals surface area contributed by atoms with Gasteiger partial charge in [0.2, 0.25) is 5.95 Å². The summed E-state index contributed by atoms with van der Waals surface area (Å²) in [5.74, 6) is -0.0906. The number of carbonyl (C=O) groups is 1. The minimum atomic E-state index is -0.308. The molecule has 1 amide bonds. The number of nitrogens with zero attached hydrogens (tertiary/aromatic N) is 4. The third-order valence-electron chi connectivity index (χ3n) is 2.49. The largest absolute Gasteiger partial charge is 0.289 e. The molecular formula is C11H14N6O. The van der Waals surface area contributed by atoms with Gasteiger partial charge in [-0.25, -0.2) is 4.98 Å². The van der Waals surface area contributed by atoms with Gasteiger partial charge in [0.05, 0.1) is 23.1 Å². The summed E-state index contributed by atoms with van der Waals surface area (Å²) in [4.78, 5) is 16.0. The number of anilines is 1. The van der Waals surface area contributed by atoms with Crippen molar-refractivity contribution in [1.29, 1.82) is 0 Å². The molecule has 94 valence electrons. The van der Waals surface area contributed by atoms with Crippen molar-refractivity contribution in [3.8, 4) is 0 Å². The molecule has 2 N–H and O–H groups in total. The van der Waals surface area contributed by atoms with E-state index in [0.717, 1.165) is 24.2 Å². The second-order valence-corrected chi connectivity index (χ2v) is 3.68. The number of amides is 1. The average Bonchev–Trinajstić information content (AvgIpc) is 2.92. The van der Waals surface area contributed by atoms with Crippen molar-refractivity contribution in [2.24, 2.45) is 0 Å². The van der Waals surface area contributed by atoms with Crippen molar-refractivity contribution < 1.29 is 4.79 Å². The molecule has 2 aromatic rings. The first-order chi connectivity index (χ1) is 8.74. The Morgan fingerprint density at radius 3 is 2.67 bits per heavy atom. The van der Waals surface area contributed by atoms with E-state index in [-0.39, 0.29) is 11.9 Å². The van der Waals surface area contributed by atoms with Gasteiger partial charge < -0.3 is 0 Å². The normalized spacial score (nSPS) is 10.3. The van der Waals surface area contributed by atoms with Gasteiger partial charge in [0.1, 0.15) is 0 Å². The number of H-pyrrole nitrogens is 1. The van der Waals surface area contributed by atoms with Crippen LogP contribution >= 0.6 is 0 Å². The summed E-state index contributed by atoms with van der Waals surface area (Å²) in [6, 6.07) is 0. The molecule has 0 radical (unpaired) electrons. The number of carbonyl (C=O) groups excluding carboxylic acids is 1. The van der Waals surface area contributed by atoms with Crippen LogP contribution in [0.15, 0.2) is 12.4 Å². The van der Waals surface area contributed by atoms with Crippen LogP contribution in [0.3, 0.4) is 0 Å². The molecule has 0 atom stereocenters. The fourth-order valence-corrected chi connectivity index (χ4v) is 1.54. The lowest BCUT2D eigenvalue weighted by atomic mass is 10.2. The number of hydrogen-bond donors (Lipinski definition) is 2. The Bertz CT molecular complexity index is 536. The SMILES string of the molecule is CCc1nnc(NC(=O)c2cn[nH]c2)nc1CC. The van der Waals surface area contributed by atoms with Crippen LogP contribution in [0.5, 0.6) is 0 Å². The predicted octanol–water partition coefficient (Wildman–Crippen LogP) is 0.972. The Hall–Kier alpha value is -2.31. The molecule has 0 aromatic carbocycles. The van der Waals surface area contributed by atoms with E-state index < -0.39 is 0 Å². The number of rotatable bonds is 4. The molecule has 18 heavy (non-hydrogen) atoms. The standard InChI is InChI=1S/C11H14N6O/c1-3-8-9(4-2)16-17-11(14-8)15-10(18)7-5-12-13-6-7/h5-6H,3-4H2,1-2H3,(H,12,13)(H,14,15,17,18). The van der Waals surface area contributed by atoms with Gasteiger partial charge in [-0.05, 0) is 12.8 Å². The van der Waals surface area contributed by atoms with Crippen molar-refractivity contribution in [1.82, 2.24) is 25.4 Å². The van der Waals surface area contributed by atoms with Crippen molar-refractivity contribution in [3.63, 3.8) is 0 Å². The van der Waals surface area contributed by atoms with Crippen LogP contribution in [-0.2, 0) is 12.8 Å². The summed E-state index contributed by atoms with van der Waals surface area (Å²) < 4.78 is 0. The van der Waals surface area contributed by atoms with E-state index in [4.69, 9.17) is 0 Å². The molecule has 2 heterocycles. The molecule has 7 nitrogen and oxygen atoms in total. The summed E-state index contributed by atoms with van der Waals surface area (Å²) in [5.41, 5.74) is 2.14. The zero-order valence-electron chi connectivity index (χ0n) is 10.3. The van der Waals surface area contributed by atoms with Crippen LogP contribution in [0.4, 0.5) is 5.95 Å². The number of aromatic amines is 1. The van der Waals surface area contributed by atoms with E-state index in [1.807, 2.05) is 13.8 Å². The third-order valence-corrected chi connectivity index (χ3v) is 2.49. The van der Waals surface area contributed by atoms with E-state index >= 15 is 0 Å². The first kappa shape index (κ1) is 12.2. The minimum Gasteiger partial charge on any atom is -0.289 e. The van der Waals surface area contributed by atoms with Crippen molar-refractivity contribution in [3.05, 3.63) is 29.3 Å². The van der Waals surface area contributed by atoms with Gasteiger partial charge in [0.15, 0.2) is 0 Å². The molecule has 0 aliphatic carbocycles. The molecule has 0 aliphatic heterocycles. The average molecular weight is 246 g/mol. The monoisotopic (exact) mass is 246 g/mol. The van der Waals surface area contributed by atoms with E-state index in [9.17, 15) is 4.79 Å². The van der Waals surface area contributed by atoms with Gasteiger partial charge >= 0.3 is 0 Å². The molecule has 0 fully saturated rings. The van der Waals surface area contributed by atoms with E-state index in [2.05, 4.69) is 30.7 Å². The summed E-state index contributed by atoms with van der Waals surface area (Å²) in [5, 5.41) is 16.8. The zero-order valence-corrected chi connectivity index (χ0v) is 10.3. The highest BCUT2D eigenvalue weighted by Gasteiger charge is 2.11. The molecular weight excluding hydrogens is 232 g/mol. The van der Waals surface area contributed by atoms with Gasteiger partial charge in [-0.2, -0.15) is 5.10 Å². The van der Waals surface area contributed by atoms with Crippen LogP contribution in [0.25, 0.3) is 0 Å². The summed E-state index contributed by atoms with van der Waals surface area (Å²) >= 11 is 0. The maximum atomic E-state index is 11.8. The molecule has 0 bridgehead atoms. The lowest BCUT2D eigenvalue weighted by Gasteiger charge is -2.05. The van der Waals surface area contributed by atoms with Crippen LogP contribution in [-0.4, -0.2) is 31.3 Å². The Labute approximate surface area is 104 Å². The van der Waals surface area contributed by atoms with Crippen LogP contribution in [0, 0.1) is 0 Å². The lowest BCUT2D eigenvalue weighted by Crippen LogP contribution is -2.16. The molecule has 0 saturated heterocycles. The van der Waals surface area contributed by atoms with Gasteiger partial charge in [-0.3, -0.25) is 15.2 Å². The number of hydrogen-bond acceptors (Lipinski definition) is 5. The quantitative estimate of drug-likeness (QED) is 0.838. The van der Waals surface area contributed by atoms with E-state index in [1.165, 1.54) is 12.4 Å². The lowest BCUT2D eigenvalue weighted by molar-refractivity contribution is 0.102. The Kier molecular flexibility index (Phi) is 3.61. The number of aromatic nitrogens is 5. The van der Waals surface area contributed by atoms with Gasteiger partial charge in [0.25, 0.3) is 5.91 Å². The number of nitrogens with one attached hydrogen (secondary N) is 2. The molecule has 2 rings (SSSR count). The van der Waals surface area contributed by atoms with Crippen LogP contribution in [0.2, 0.25) is 0 Å². The van der Waals surface area contributed by atoms with E-state index in [1.54, 1.807) is 0 Å². The highest BCUT2D eigenvalue weighted by Crippen LogP contribution is 2.07. The van der Waals surface area contributed by atoms with Crippen LogP contribution in [0.1, 0.15) is 35.6 Å². The van der Waals surface area contributed by atoms with Gasteiger partial charge in [-0.15, -0.1) is 10.2 Å². The Morgan fingerprint density at radius 2 is 2.06 bits per heavy atom. The first-order valence-electron chi connectivity index (χ1n) is 5.77. The highest BCUT2D eigenvalue weighted by molar-refractivity contribution is 6.02. The van der Waals surface area contributed by atoms with Gasteiger partial charge in [-0.1, -0.05) is 13.8 Å². The van der Waals surface area contributed by atoms with Crippen molar-refractivity contribution in [2.75, 3.05) is 5.32 Å². The maximum absolute atomic E-state index is 11.8. The molecule has 2 aromatic heterocycles. The Morgan fingerprint density at radius 1 is 1.28 bits per heavy atom. The van der Waals surface area contributed by atoms with Crippen molar-refractivity contribution >= 4 is 11.9 Å². The zero-order chi connectivity index (χ0) is 13.0. The maximum Gasteiger partial charge on any atom is 0.261 e. The second-order valence-electron chi connectivity index (χ2n) is 3.68. The van der Waals surface area contributed by atoms with Crippen molar-refractivity contribution in [2.45, 2.75) is 26.7 Å². The molecule has 0 saturated carbocycles. The molecule has 0 aliphatic rings. The summed E-state index contributed by atoms with van der Waals surface area (Å²) in [6.07, 6.45) is 4.47. The highest BCUT2D eigenvalue weighted by atomic mass is 16.1. The molecule has 0 spiro atoms. The second kappa shape index (κ2) is 5.35.